The minimum absolute atomic E-state index is 0.0869. The predicted octanol–water partition coefficient (Wildman–Crippen LogP) is 6.26. The summed E-state index contributed by atoms with van der Waals surface area (Å²) in [4.78, 5) is 0. The third-order valence-corrected chi connectivity index (χ3v) is 4.34. The molecule has 0 spiro atoms. The van der Waals surface area contributed by atoms with E-state index in [-0.39, 0.29) is 10.8 Å². The average Bonchev–Trinajstić information content (AvgIpc) is 2.47. The third-order valence-electron chi connectivity index (χ3n) is 3.85. The van der Waals surface area contributed by atoms with Crippen LogP contribution in [0.25, 0.3) is 0 Å². The maximum atomic E-state index is 6.77. The topological polar surface area (TPSA) is 0 Å². The van der Waals surface area contributed by atoms with E-state index in [0.717, 1.165) is 6.42 Å². The van der Waals surface area contributed by atoms with Gasteiger partial charge in [-0.25, -0.2) is 0 Å². The van der Waals surface area contributed by atoms with Gasteiger partial charge in [-0.15, -0.1) is 11.6 Å². The van der Waals surface area contributed by atoms with Crippen molar-refractivity contribution in [1.29, 1.82) is 0 Å². The van der Waals surface area contributed by atoms with Gasteiger partial charge in [0, 0.05) is 0 Å². The first-order valence-corrected chi connectivity index (χ1v) is 8.19. The van der Waals surface area contributed by atoms with Crippen LogP contribution in [0, 0.1) is 0 Å². The fraction of sp³-hybridized carbons (Fsp3) is 0.400. The van der Waals surface area contributed by atoms with Crippen LogP contribution in [0.15, 0.2) is 48.5 Å². The van der Waals surface area contributed by atoms with Crippen molar-refractivity contribution in [3.63, 3.8) is 0 Å². The highest BCUT2D eigenvalue weighted by molar-refractivity contribution is 6.22. The molecule has 0 saturated heterocycles. The Morgan fingerprint density at radius 3 is 2.14 bits per heavy atom. The number of alkyl halides is 1. The van der Waals surface area contributed by atoms with Crippen molar-refractivity contribution >= 4 is 11.6 Å². The number of aryl methyl sites for hydroxylation is 1. The molecular formula is C20H25Cl. The first-order valence-electron chi connectivity index (χ1n) is 7.75. The van der Waals surface area contributed by atoms with Crippen molar-refractivity contribution < 1.29 is 0 Å². The van der Waals surface area contributed by atoms with Crippen LogP contribution in [0.5, 0.6) is 0 Å². The number of benzene rings is 2. The van der Waals surface area contributed by atoms with Gasteiger partial charge in [0.2, 0.25) is 0 Å². The minimum atomic E-state index is -0.0869. The molecule has 1 unspecified atom stereocenters. The average molecular weight is 301 g/mol. The van der Waals surface area contributed by atoms with Gasteiger partial charge in [-0.1, -0.05) is 82.6 Å². The van der Waals surface area contributed by atoms with Crippen LogP contribution in [0.3, 0.4) is 0 Å². The second kappa shape index (κ2) is 6.66. The van der Waals surface area contributed by atoms with Gasteiger partial charge < -0.3 is 0 Å². The van der Waals surface area contributed by atoms with E-state index in [4.69, 9.17) is 11.6 Å². The molecule has 0 aliphatic heterocycles. The summed E-state index contributed by atoms with van der Waals surface area (Å²) in [7, 11) is 0. The molecule has 1 heteroatoms. The van der Waals surface area contributed by atoms with Crippen molar-refractivity contribution in [2.75, 3.05) is 0 Å². The molecule has 0 N–H and O–H groups in total. The van der Waals surface area contributed by atoms with E-state index in [9.17, 15) is 0 Å². The van der Waals surface area contributed by atoms with E-state index in [1.54, 1.807) is 0 Å². The second-order valence-electron chi connectivity index (χ2n) is 6.69. The molecule has 2 rings (SSSR count). The Labute approximate surface area is 134 Å². The van der Waals surface area contributed by atoms with Crippen LogP contribution in [-0.2, 0) is 11.8 Å². The summed E-state index contributed by atoms with van der Waals surface area (Å²) in [5.74, 6) is 0. The van der Waals surface area contributed by atoms with E-state index < -0.39 is 0 Å². The lowest BCUT2D eigenvalue weighted by molar-refractivity contribution is 0.583. The van der Waals surface area contributed by atoms with E-state index in [1.165, 1.54) is 28.7 Å². The van der Waals surface area contributed by atoms with Crippen LogP contribution in [0.2, 0.25) is 0 Å². The molecule has 0 nitrogen and oxygen atoms in total. The van der Waals surface area contributed by atoms with Gasteiger partial charge in [-0.05, 0) is 34.1 Å². The molecule has 0 bridgehead atoms. The van der Waals surface area contributed by atoms with Crippen LogP contribution >= 0.6 is 11.6 Å². The Morgan fingerprint density at radius 2 is 1.57 bits per heavy atom. The first-order chi connectivity index (χ1) is 9.93. The van der Waals surface area contributed by atoms with Gasteiger partial charge >= 0.3 is 0 Å². The molecule has 0 aliphatic rings. The number of rotatable bonds is 4. The molecule has 0 aliphatic carbocycles. The fourth-order valence-electron chi connectivity index (χ4n) is 2.72. The zero-order valence-electron chi connectivity index (χ0n) is 13.5. The Morgan fingerprint density at radius 1 is 0.952 bits per heavy atom. The molecule has 1 atom stereocenters. The molecule has 0 fully saturated rings. The summed E-state index contributed by atoms with van der Waals surface area (Å²) in [6, 6.07) is 17.3. The van der Waals surface area contributed by atoms with E-state index >= 15 is 0 Å². The van der Waals surface area contributed by atoms with Gasteiger partial charge in [0.15, 0.2) is 0 Å². The first kappa shape index (κ1) is 16.1. The zero-order chi connectivity index (χ0) is 15.5. The van der Waals surface area contributed by atoms with E-state index in [1.807, 2.05) is 0 Å². The number of hydrogen-bond donors (Lipinski definition) is 0. The van der Waals surface area contributed by atoms with Crippen molar-refractivity contribution in [3.8, 4) is 0 Å². The molecular weight excluding hydrogens is 276 g/mol. The monoisotopic (exact) mass is 300 g/mol. The summed E-state index contributed by atoms with van der Waals surface area (Å²) in [6.07, 6.45) is 2.31. The fourth-order valence-corrected chi connectivity index (χ4v) is 3.06. The zero-order valence-corrected chi connectivity index (χ0v) is 14.2. The third kappa shape index (κ3) is 3.89. The predicted molar refractivity (Wildman–Crippen MR) is 93.3 cm³/mol. The molecule has 0 radical (unpaired) electrons. The standard InChI is InChI=1S/C20H25Cl/c1-5-8-15-11-13-16(14-12-15)19(21)17-9-6-7-10-18(17)20(2,3)4/h6-7,9-14,19H,5,8H2,1-4H3. The highest BCUT2D eigenvalue weighted by Crippen LogP contribution is 2.36. The number of halogens is 1. The van der Waals surface area contributed by atoms with Crippen molar-refractivity contribution in [1.82, 2.24) is 0 Å². The maximum Gasteiger partial charge on any atom is 0.0838 e. The molecule has 2 aromatic carbocycles. The van der Waals surface area contributed by atoms with Gasteiger partial charge in [-0.2, -0.15) is 0 Å². The molecule has 0 heterocycles. The lowest BCUT2D eigenvalue weighted by atomic mass is 9.82. The van der Waals surface area contributed by atoms with Gasteiger partial charge in [0.05, 0.1) is 5.38 Å². The van der Waals surface area contributed by atoms with E-state index in [0.29, 0.717) is 0 Å². The van der Waals surface area contributed by atoms with E-state index in [2.05, 4.69) is 76.2 Å². The lowest BCUT2D eigenvalue weighted by Crippen LogP contribution is -2.15. The smallest absolute Gasteiger partial charge is 0.0838 e. The minimum Gasteiger partial charge on any atom is -0.113 e. The van der Waals surface area contributed by atoms with Crippen molar-refractivity contribution in [3.05, 3.63) is 70.8 Å². The van der Waals surface area contributed by atoms with Gasteiger partial charge in [0.1, 0.15) is 0 Å². The van der Waals surface area contributed by atoms with Crippen LogP contribution in [0.4, 0.5) is 0 Å². The van der Waals surface area contributed by atoms with Crippen molar-refractivity contribution in [2.24, 2.45) is 0 Å². The van der Waals surface area contributed by atoms with Crippen molar-refractivity contribution in [2.45, 2.75) is 51.3 Å². The van der Waals surface area contributed by atoms with Crippen LogP contribution in [0.1, 0.15) is 61.7 Å². The lowest BCUT2D eigenvalue weighted by Gasteiger charge is -2.25. The summed E-state index contributed by atoms with van der Waals surface area (Å²) in [5, 5.41) is -0.0869. The van der Waals surface area contributed by atoms with Crippen LogP contribution < -0.4 is 0 Å². The number of hydrogen-bond acceptors (Lipinski definition) is 0. The second-order valence-corrected chi connectivity index (χ2v) is 7.13. The molecule has 21 heavy (non-hydrogen) atoms. The van der Waals surface area contributed by atoms with Crippen LogP contribution in [-0.4, -0.2) is 0 Å². The summed E-state index contributed by atoms with van der Waals surface area (Å²) in [6.45, 7) is 8.91. The Hall–Kier alpha value is -1.27. The normalized spacial score (nSPS) is 13.2. The Kier molecular flexibility index (Phi) is 5.11. The Balaban J connectivity index is 2.34. The van der Waals surface area contributed by atoms with Gasteiger partial charge in [0.25, 0.3) is 0 Å². The molecule has 0 saturated carbocycles. The highest BCUT2D eigenvalue weighted by atomic mass is 35.5. The SMILES string of the molecule is CCCc1ccc(C(Cl)c2ccccc2C(C)(C)C)cc1. The summed E-state index contributed by atoms with van der Waals surface area (Å²) < 4.78 is 0. The maximum absolute atomic E-state index is 6.77. The Bertz CT molecular complexity index is 576. The summed E-state index contributed by atoms with van der Waals surface area (Å²) in [5.41, 5.74) is 5.20. The molecule has 0 aromatic heterocycles. The highest BCUT2D eigenvalue weighted by Gasteiger charge is 2.22. The molecule has 112 valence electrons. The molecule has 2 aromatic rings. The largest absolute Gasteiger partial charge is 0.113 e. The summed E-state index contributed by atoms with van der Waals surface area (Å²) >= 11 is 6.77. The van der Waals surface area contributed by atoms with Gasteiger partial charge in [-0.3, -0.25) is 0 Å². The molecule has 0 amide bonds. The quantitative estimate of drug-likeness (QED) is 0.584.